The molecule has 0 fully saturated rings. The zero-order valence-corrected chi connectivity index (χ0v) is 42.0. The van der Waals surface area contributed by atoms with Gasteiger partial charge in [-0.05, 0) is 68.7 Å². The number of ether oxygens (including phenoxy) is 2. The Morgan fingerprint density at radius 2 is 0.840 bits per heavy atom. The van der Waals surface area contributed by atoms with E-state index in [0.717, 1.165) is 11.1 Å². The maximum Gasteiger partial charge on any atom is 0.271 e. The average Bonchev–Trinajstić information content (AvgIpc) is 3.42. The highest BCUT2D eigenvalue weighted by atomic mass is 16.5. The molecule has 396 valence electrons. The first kappa shape index (κ1) is 56.2. The van der Waals surface area contributed by atoms with E-state index in [1.54, 1.807) is 30.3 Å². The maximum atomic E-state index is 14.2. The molecule has 7 N–H and O–H groups in total. The second-order valence-corrected chi connectivity index (χ2v) is 17.8. The van der Waals surface area contributed by atoms with Crippen LogP contribution in [0.25, 0.3) is 0 Å². The number of nitrogens with one attached hydrogen (secondary N) is 4. The van der Waals surface area contributed by atoms with Crippen LogP contribution < -0.4 is 47.0 Å². The lowest BCUT2D eigenvalue weighted by Gasteiger charge is -2.36. The Balaban J connectivity index is 1.25. The fourth-order valence-electron chi connectivity index (χ4n) is 8.79. The molecule has 4 amide bonds. The smallest absolute Gasteiger partial charge is 0.271 e. The predicted molar refractivity (Wildman–Crippen MR) is 281 cm³/mol. The number of aromatic nitrogens is 3. The van der Waals surface area contributed by atoms with Gasteiger partial charge in [-0.15, -0.1) is 0 Å². The first-order valence-corrected chi connectivity index (χ1v) is 24.9. The minimum Gasteiger partial charge on any atom is -0.483 e. The van der Waals surface area contributed by atoms with Gasteiger partial charge < -0.3 is 59.8 Å². The Hall–Kier alpha value is -8.13. The van der Waals surface area contributed by atoms with Crippen LogP contribution in [0.5, 0.6) is 11.5 Å². The molecule has 3 aromatic carbocycles. The SMILES string of the molecule is Cc1c(C(=O)NCCCC(CCCNC(=O)c2c(OCc3ccccc3)c(=O)ccn2CCO)(CCCNC(=O)c2c(OCc3ccccc3)c(=O)ccn2CCO)NC(=O)c2ccccc2)n(CCO)ccc1=O. The molecule has 19 heteroatoms. The fourth-order valence-corrected chi connectivity index (χ4v) is 8.79. The van der Waals surface area contributed by atoms with Crippen LogP contribution in [0.15, 0.2) is 142 Å². The molecule has 0 radical (unpaired) electrons. The Labute approximate surface area is 433 Å². The number of carbonyl (C=O) groups is 4. The molecule has 6 aromatic rings. The van der Waals surface area contributed by atoms with Crippen LogP contribution in [-0.4, -0.2) is 97.6 Å². The van der Waals surface area contributed by atoms with Gasteiger partial charge in [0.2, 0.25) is 10.9 Å². The number of amides is 4. The summed E-state index contributed by atoms with van der Waals surface area (Å²) in [7, 11) is 0. The van der Waals surface area contributed by atoms with E-state index in [0.29, 0.717) is 12.0 Å². The van der Waals surface area contributed by atoms with Crippen molar-refractivity contribution in [1.82, 2.24) is 35.0 Å². The highest BCUT2D eigenvalue weighted by molar-refractivity contribution is 5.96. The maximum absolute atomic E-state index is 14.2. The summed E-state index contributed by atoms with van der Waals surface area (Å²) in [5, 5.41) is 41.4. The van der Waals surface area contributed by atoms with E-state index in [1.807, 2.05) is 60.7 Å². The number of nitrogens with zero attached hydrogens (tertiary/aromatic N) is 3. The summed E-state index contributed by atoms with van der Waals surface area (Å²) in [5.74, 6) is -2.54. The van der Waals surface area contributed by atoms with Gasteiger partial charge in [0.1, 0.15) is 18.9 Å². The van der Waals surface area contributed by atoms with Crippen molar-refractivity contribution < 1.29 is 44.0 Å². The minimum absolute atomic E-state index is 0.00153. The number of aliphatic hydroxyl groups excluding tert-OH is 3. The van der Waals surface area contributed by atoms with Crippen LogP contribution in [-0.2, 0) is 32.8 Å². The lowest BCUT2D eigenvalue weighted by Crippen LogP contribution is -2.50. The first-order valence-electron chi connectivity index (χ1n) is 24.9. The number of benzene rings is 3. The number of aliphatic hydroxyl groups is 3. The van der Waals surface area contributed by atoms with Crippen LogP contribution in [0.1, 0.15) is 97.0 Å². The van der Waals surface area contributed by atoms with Crippen molar-refractivity contribution in [3.8, 4) is 11.5 Å². The molecule has 0 atom stereocenters. The second kappa shape index (κ2) is 28.4. The van der Waals surface area contributed by atoms with Gasteiger partial charge in [0.25, 0.3) is 23.6 Å². The zero-order chi connectivity index (χ0) is 53.6. The van der Waals surface area contributed by atoms with Gasteiger partial charge in [-0.1, -0.05) is 78.9 Å². The summed E-state index contributed by atoms with van der Waals surface area (Å²) < 4.78 is 16.3. The third kappa shape index (κ3) is 15.7. The Kier molecular flexibility index (Phi) is 21.2. The van der Waals surface area contributed by atoms with Crippen LogP contribution in [0, 0.1) is 6.92 Å². The zero-order valence-electron chi connectivity index (χ0n) is 42.0. The Morgan fingerprint density at radius 1 is 0.480 bits per heavy atom. The van der Waals surface area contributed by atoms with E-state index < -0.39 is 40.0 Å². The number of hydrogen-bond donors (Lipinski definition) is 7. The molecule has 0 aliphatic carbocycles. The molecule has 0 spiro atoms. The lowest BCUT2D eigenvalue weighted by atomic mass is 9.83. The molecule has 3 heterocycles. The molecular formula is C56H65N7O12. The summed E-state index contributed by atoms with van der Waals surface area (Å²) in [5.41, 5.74) is -0.325. The van der Waals surface area contributed by atoms with Gasteiger partial charge in [0.15, 0.2) is 28.3 Å². The van der Waals surface area contributed by atoms with Crippen LogP contribution in [0.3, 0.4) is 0 Å². The highest BCUT2D eigenvalue weighted by Gasteiger charge is 2.32. The van der Waals surface area contributed by atoms with Gasteiger partial charge in [0.05, 0.1) is 19.8 Å². The first-order chi connectivity index (χ1) is 36.4. The molecule has 0 aliphatic rings. The van der Waals surface area contributed by atoms with E-state index in [-0.39, 0.29) is 144 Å². The second-order valence-electron chi connectivity index (χ2n) is 17.8. The van der Waals surface area contributed by atoms with Crippen LogP contribution in [0.4, 0.5) is 0 Å². The van der Waals surface area contributed by atoms with E-state index in [4.69, 9.17) is 9.47 Å². The van der Waals surface area contributed by atoms with Crippen molar-refractivity contribution in [2.24, 2.45) is 0 Å². The molecule has 75 heavy (non-hydrogen) atoms. The molecule has 0 bridgehead atoms. The van der Waals surface area contributed by atoms with E-state index in [2.05, 4.69) is 21.3 Å². The monoisotopic (exact) mass is 1030 g/mol. The van der Waals surface area contributed by atoms with Gasteiger partial charge in [0, 0.05) is 92.7 Å². The molecule has 3 aromatic heterocycles. The van der Waals surface area contributed by atoms with Crippen molar-refractivity contribution in [2.45, 2.75) is 83.8 Å². The highest BCUT2D eigenvalue weighted by Crippen LogP contribution is 2.27. The lowest BCUT2D eigenvalue weighted by molar-refractivity contribution is 0.0856. The molecule has 0 saturated heterocycles. The molecule has 0 aliphatic heterocycles. The topological polar surface area (TPSA) is 262 Å². The summed E-state index contributed by atoms with van der Waals surface area (Å²) in [4.78, 5) is 94.9. The summed E-state index contributed by atoms with van der Waals surface area (Å²) in [6.45, 7) is 0.973. The summed E-state index contributed by atoms with van der Waals surface area (Å²) in [6, 6.07) is 30.7. The summed E-state index contributed by atoms with van der Waals surface area (Å²) in [6.07, 6.45) is 5.98. The van der Waals surface area contributed by atoms with E-state index >= 15 is 0 Å². The van der Waals surface area contributed by atoms with Crippen molar-refractivity contribution in [3.05, 3.63) is 198 Å². The van der Waals surface area contributed by atoms with Gasteiger partial charge in [-0.2, -0.15) is 0 Å². The number of carbonyl (C=O) groups excluding carboxylic acids is 4. The van der Waals surface area contributed by atoms with E-state index in [9.17, 15) is 48.9 Å². The number of hydrogen-bond acceptors (Lipinski definition) is 12. The molecule has 6 rings (SSSR count). The van der Waals surface area contributed by atoms with Gasteiger partial charge >= 0.3 is 0 Å². The predicted octanol–water partition coefficient (Wildman–Crippen LogP) is 3.71. The van der Waals surface area contributed by atoms with Crippen LogP contribution in [0.2, 0.25) is 0 Å². The molecule has 19 nitrogen and oxygen atoms in total. The van der Waals surface area contributed by atoms with Crippen LogP contribution >= 0.6 is 0 Å². The molecule has 0 saturated carbocycles. The van der Waals surface area contributed by atoms with Crippen molar-refractivity contribution in [2.75, 3.05) is 39.5 Å². The van der Waals surface area contributed by atoms with Crippen molar-refractivity contribution in [3.63, 3.8) is 0 Å². The van der Waals surface area contributed by atoms with Crippen molar-refractivity contribution >= 4 is 23.6 Å². The fraction of sp³-hybridized carbons (Fsp3) is 0.339. The average molecular weight is 1030 g/mol. The molecule has 0 unspecified atom stereocenters. The Morgan fingerprint density at radius 3 is 1.24 bits per heavy atom. The summed E-state index contributed by atoms with van der Waals surface area (Å²) >= 11 is 0. The molecular weight excluding hydrogens is 963 g/mol. The van der Waals surface area contributed by atoms with E-state index in [1.165, 1.54) is 57.4 Å². The number of rotatable bonds is 29. The third-order valence-corrected chi connectivity index (χ3v) is 12.6. The Bertz CT molecular complexity index is 2900. The van der Waals surface area contributed by atoms with Gasteiger partial charge in [-0.3, -0.25) is 33.6 Å². The number of pyridine rings is 3. The minimum atomic E-state index is -1.04. The standard InChI is InChI=1S/C56H65N7O12/c1-40-44(67)20-29-61(32-35-64)47(40)53(71)57-26-11-23-56(60-52(70)43-18-9-4-10-19-43,24-12-27-58-54(72)48-50(45(68)21-30-62(48)33-36-65)74-38-41-14-5-2-6-15-41)25-13-28-59-55(73)49-51(46(69)22-31-63(49)34-37-66)75-39-42-16-7-3-8-17-42/h2-10,14-22,29-31,64-66H,11-13,23-28,32-39H2,1H3,(H,57,71)(H,58,72)(H,59,73)(H,60,70). The largest absolute Gasteiger partial charge is 0.483 e. The van der Waals surface area contributed by atoms with Gasteiger partial charge in [-0.25, -0.2) is 0 Å². The normalized spacial score (nSPS) is 11.1. The third-order valence-electron chi connectivity index (χ3n) is 12.6. The van der Waals surface area contributed by atoms with Crippen molar-refractivity contribution in [1.29, 1.82) is 0 Å². The quantitative estimate of drug-likeness (QED) is 0.0332.